The summed E-state index contributed by atoms with van der Waals surface area (Å²) < 4.78 is 0. The van der Waals surface area contributed by atoms with Crippen molar-refractivity contribution in [3.63, 3.8) is 0 Å². The fourth-order valence-corrected chi connectivity index (χ4v) is 2.48. The number of carbonyl (C=O) groups is 1. The smallest absolute Gasteiger partial charge is 0.231 e. The van der Waals surface area contributed by atoms with Crippen LogP contribution in [0.3, 0.4) is 0 Å². The zero-order chi connectivity index (χ0) is 15.0. The molecule has 3 rings (SSSR count). The molecule has 0 spiro atoms. The van der Waals surface area contributed by atoms with E-state index in [0.29, 0.717) is 29.0 Å². The van der Waals surface area contributed by atoms with Crippen LogP contribution >= 0.6 is 11.6 Å². The van der Waals surface area contributed by atoms with Crippen molar-refractivity contribution in [1.82, 2.24) is 9.97 Å². The van der Waals surface area contributed by atoms with Gasteiger partial charge >= 0.3 is 0 Å². The molecule has 7 heteroatoms. The van der Waals surface area contributed by atoms with Crippen LogP contribution in [0.15, 0.2) is 24.3 Å². The van der Waals surface area contributed by atoms with Crippen LogP contribution in [-0.4, -0.2) is 15.9 Å². The maximum atomic E-state index is 11.6. The van der Waals surface area contributed by atoms with Crippen LogP contribution in [0, 0.1) is 0 Å². The van der Waals surface area contributed by atoms with Crippen LogP contribution < -0.4 is 16.4 Å². The minimum atomic E-state index is -0.0643. The fourth-order valence-electron chi connectivity index (χ4n) is 2.35. The van der Waals surface area contributed by atoms with Crippen LogP contribution in [0.5, 0.6) is 0 Å². The van der Waals surface area contributed by atoms with Crippen LogP contribution in [0.25, 0.3) is 0 Å². The zero-order valence-corrected chi connectivity index (χ0v) is 12.1. The van der Waals surface area contributed by atoms with Crippen molar-refractivity contribution in [3.05, 3.63) is 34.9 Å². The van der Waals surface area contributed by atoms with Gasteiger partial charge in [0.2, 0.25) is 11.9 Å². The summed E-state index contributed by atoms with van der Waals surface area (Å²) in [4.78, 5) is 20.2. The van der Waals surface area contributed by atoms with Gasteiger partial charge in [-0.2, -0.15) is 9.97 Å². The number of nitrogen functional groups attached to an aromatic ring is 1. The Kier molecular flexibility index (Phi) is 3.39. The average molecular weight is 304 g/mol. The third-order valence-electron chi connectivity index (χ3n) is 3.32. The minimum Gasteiger partial charge on any atom is -0.383 e. The number of hydrogen-bond donors (Lipinski definition) is 3. The van der Waals surface area contributed by atoms with Gasteiger partial charge in [-0.3, -0.25) is 4.79 Å². The van der Waals surface area contributed by atoms with E-state index in [1.165, 1.54) is 0 Å². The molecule has 0 aliphatic carbocycles. The second kappa shape index (κ2) is 5.21. The van der Waals surface area contributed by atoms with Crippen molar-refractivity contribution in [2.24, 2.45) is 0 Å². The molecule has 1 aliphatic rings. The zero-order valence-electron chi connectivity index (χ0n) is 11.4. The highest BCUT2D eigenvalue weighted by molar-refractivity contribution is 6.30. The van der Waals surface area contributed by atoms with E-state index < -0.39 is 0 Å². The maximum Gasteiger partial charge on any atom is 0.231 e. The van der Waals surface area contributed by atoms with Crippen molar-refractivity contribution in [3.8, 4) is 0 Å². The summed E-state index contributed by atoms with van der Waals surface area (Å²) in [5.74, 6) is 1.14. The first kappa shape index (κ1) is 13.6. The Morgan fingerprint density at radius 3 is 2.76 bits per heavy atom. The second-order valence-electron chi connectivity index (χ2n) is 4.98. The second-order valence-corrected chi connectivity index (χ2v) is 5.42. The predicted octanol–water partition coefficient (Wildman–Crippen LogP) is 2.90. The van der Waals surface area contributed by atoms with E-state index >= 15 is 0 Å². The first-order valence-corrected chi connectivity index (χ1v) is 6.90. The van der Waals surface area contributed by atoms with Crippen LogP contribution in [0.2, 0.25) is 5.02 Å². The van der Waals surface area contributed by atoms with E-state index in [0.717, 1.165) is 11.3 Å². The number of rotatable bonds is 2. The third-order valence-corrected chi connectivity index (χ3v) is 3.57. The highest BCUT2D eigenvalue weighted by atomic mass is 35.5. The molecule has 1 aromatic carbocycles. The highest BCUT2D eigenvalue weighted by Gasteiger charge is 2.26. The molecule has 6 nitrogen and oxygen atoms in total. The third kappa shape index (κ3) is 2.75. The number of amides is 1. The number of carbonyl (C=O) groups excluding carboxylic acids is 1. The lowest BCUT2D eigenvalue weighted by Gasteiger charge is -2.23. The normalized spacial score (nSPS) is 17.0. The molecular weight excluding hydrogens is 290 g/mol. The van der Waals surface area contributed by atoms with Gasteiger partial charge in [0.25, 0.3) is 0 Å². The molecule has 1 aromatic heterocycles. The summed E-state index contributed by atoms with van der Waals surface area (Å²) in [6.07, 6.45) is 0.393. The summed E-state index contributed by atoms with van der Waals surface area (Å²) in [7, 11) is 0. The molecule has 1 amide bonds. The van der Waals surface area contributed by atoms with Crippen molar-refractivity contribution >= 4 is 40.8 Å². The van der Waals surface area contributed by atoms with Gasteiger partial charge in [0, 0.05) is 22.7 Å². The first-order chi connectivity index (χ1) is 10.0. The molecule has 0 saturated heterocycles. The summed E-state index contributed by atoms with van der Waals surface area (Å²) in [6.45, 7) is 1.93. The molecule has 1 atom stereocenters. The van der Waals surface area contributed by atoms with E-state index in [1.54, 1.807) is 12.1 Å². The molecule has 21 heavy (non-hydrogen) atoms. The number of nitrogens with two attached hydrogens (primary N) is 1. The summed E-state index contributed by atoms with van der Waals surface area (Å²) >= 11 is 5.84. The number of benzene rings is 1. The van der Waals surface area contributed by atoms with Gasteiger partial charge in [0.05, 0.1) is 0 Å². The van der Waals surface area contributed by atoms with Gasteiger partial charge in [-0.1, -0.05) is 18.5 Å². The Balaban J connectivity index is 1.94. The lowest BCUT2D eigenvalue weighted by atomic mass is 9.95. The Morgan fingerprint density at radius 2 is 2.05 bits per heavy atom. The van der Waals surface area contributed by atoms with Gasteiger partial charge in [-0.25, -0.2) is 0 Å². The van der Waals surface area contributed by atoms with Crippen molar-refractivity contribution in [1.29, 1.82) is 0 Å². The van der Waals surface area contributed by atoms with Gasteiger partial charge < -0.3 is 16.4 Å². The summed E-state index contributed by atoms with van der Waals surface area (Å²) in [5.41, 5.74) is 7.57. The maximum absolute atomic E-state index is 11.6. The average Bonchev–Trinajstić information content (AvgIpc) is 2.40. The Morgan fingerprint density at radius 1 is 1.33 bits per heavy atom. The largest absolute Gasteiger partial charge is 0.383 e. The van der Waals surface area contributed by atoms with E-state index in [1.807, 2.05) is 19.1 Å². The number of nitrogens with zero attached hydrogens (tertiary/aromatic N) is 2. The SMILES string of the molecule is CC1CC(=O)Nc2nc(Nc3ccc(Cl)cc3)nc(N)c21. The van der Waals surface area contributed by atoms with Crippen LogP contribution in [0.4, 0.5) is 23.3 Å². The van der Waals surface area contributed by atoms with Crippen LogP contribution in [0.1, 0.15) is 24.8 Å². The predicted molar refractivity (Wildman–Crippen MR) is 82.8 cm³/mol. The Bertz CT molecular complexity index is 701. The molecule has 2 aromatic rings. The summed E-state index contributed by atoms with van der Waals surface area (Å²) in [6, 6.07) is 7.14. The van der Waals surface area contributed by atoms with E-state index in [9.17, 15) is 4.79 Å². The molecule has 1 unspecified atom stereocenters. The molecular formula is C14H14ClN5O. The van der Waals surface area contributed by atoms with Gasteiger partial charge in [-0.05, 0) is 30.2 Å². The van der Waals surface area contributed by atoms with Crippen LogP contribution in [-0.2, 0) is 4.79 Å². The molecule has 0 saturated carbocycles. The number of fused-ring (bicyclic) bond motifs is 1. The number of anilines is 4. The molecule has 1 aliphatic heterocycles. The molecule has 4 N–H and O–H groups in total. The Labute approximate surface area is 126 Å². The van der Waals surface area contributed by atoms with Crippen molar-refractivity contribution in [2.75, 3.05) is 16.4 Å². The summed E-state index contributed by atoms with van der Waals surface area (Å²) in [5, 5.41) is 6.42. The van der Waals surface area contributed by atoms with E-state index in [4.69, 9.17) is 17.3 Å². The van der Waals surface area contributed by atoms with Gasteiger partial charge in [-0.15, -0.1) is 0 Å². The molecule has 0 radical (unpaired) electrons. The standard InChI is InChI=1S/C14H14ClN5O/c1-7-6-10(21)18-13-11(7)12(16)19-14(20-13)17-9-4-2-8(15)3-5-9/h2-5,7H,6H2,1H3,(H4,16,17,18,19,20,21). The highest BCUT2D eigenvalue weighted by Crippen LogP contribution is 2.35. The molecule has 0 fully saturated rings. The minimum absolute atomic E-state index is 0.0123. The lowest BCUT2D eigenvalue weighted by molar-refractivity contribution is -0.116. The lowest BCUT2D eigenvalue weighted by Crippen LogP contribution is -2.24. The van der Waals surface area contributed by atoms with Gasteiger partial charge in [0.1, 0.15) is 11.6 Å². The Hall–Kier alpha value is -2.34. The van der Waals surface area contributed by atoms with E-state index in [-0.39, 0.29) is 11.8 Å². The van der Waals surface area contributed by atoms with E-state index in [2.05, 4.69) is 20.6 Å². The van der Waals surface area contributed by atoms with Crippen molar-refractivity contribution in [2.45, 2.75) is 19.3 Å². The van der Waals surface area contributed by atoms with Crippen molar-refractivity contribution < 1.29 is 4.79 Å². The fraction of sp³-hybridized carbons (Fsp3) is 0.214. The number of hydrogen-bond acceptors (Lipinski definition) is 5. The first-order valence-electron chi connectivity index (χ1n) is 6.53. The molecule has 2 heterocycles. The molecule has 0 bridgehead atoms. The number of halogens is 1. The monoisotopic (exact) mass is 303 g/mol. The van der Waals surface area contributed by atoms with Gasteiger partial charge in [0.15, 0.2) is 0 Å². The molecule has 108 valence electrons. The number of nitrogens with one attached hydrogen (secondary N) is 2. The quantitative estimate of drug-likeness (QED) is 0.793. The number of aromatic nitrogens is 2. The topological polar surface area (TPSA) is 92.9 Å².